The SMILES string of the molecule is Cc1ccc(C)c([C@@H](O)c2cccc(Cl)c2)c1. The number of aliphatic hydroxyl groups is 1. The van der Waals surface area contributed by atoms with Crippen LogP contribution < -0.4 is 0 Å². The second-order valence-electron chi connectivity index (χ2n) is 4.32. The highest BCUT2D eigenvalue weighted by Gasteiger charge is 2.13. The van der Waals surface area contributed by atoms with E-state index in [9.17, 15) is 5.11 Å². The zero-order chi connectivity index (χ0) is 12.4. The van der Waals surface area contributed by atoms with Gasteiger partial charge in [0.25, 0.3) is 0 Å². The van der Waals surface area contributed by atoms with Gasteiger partial charge in [-0.1, -0.05) is 47.5 Å². The number of aliphatic hydroxyl groups excluding tert-OH is 1. The van der Waals surface area contributed by atoms with Gasteiger partial charge in [0.2, 0.25) is 0 Å². The zero-order valence-corrected chi connectivity index (χ0v) is 10.7. The van der Waals surface area contributed by atoms with Crippen molar-refractivity contribution in [1.29, 1.82) is 0 Å². The highest BCUT2D eigenvalue weighted by Crippen LogP contribution is 2.27. The van der Waals surface area contributed by atoms with Crippen LogP contribution in [0.25, 0.3) is 0 Å². The summed E-state index contributed by atoms with van der Waals surface area (Å²) in [6.45, 7) is 4.02. The van der Waals surface area contributed by atoms with Crippen molar-refractivity contribution in [2.45, 2.75) is 20.0 Å². The molecule has 0 aliphatic carbocycles. The molecule has 0 radical (unpaired) electrons. The average Bonchev–Trinajstić information content (AvgIpc) is 2.31. The maximum Gasteiger partial charge on any atom is 0.104 e. The van der Waals surface area contributed by atoms with Crippen molar-refractivity contribution in [3.8, 4) is 0 Å². The number of aryl methyl sites for hydroxylation is 2. The lowest BCUT2D eigenvalue weighted by Crippen LogP contribution is -2.02. The molecule has 0 saturated heterocycles. The molecule has 0 amide bonds. The van der Waals surface area contributed by atoms with Gasteiger partial charge in [0, 0.05) is 5.02 Å². The van der Waals surface area contributed by atoms with E-state index in [1.165, 1.54) is 0 Å². The fraction of sp³-hybridized carbons (Fsp3) is 0.200. The zero-order valence-electron chi connectivity index (χ0n) is 9.94. The number of hydrogen-bond donors (Lipinski definition) is 1. The van der Waals surface area contributed by atoms with E-state index in [0.717, 1.165) is 22.3 Å². The van der Waals surface area contributed by atoms with Gasteiger partial charge in [0.15, 0.2) is 0 Å². The van der Waals surface area contributed by atoms with Crippen molar-refractivity contribution in [3.63, 3.8) is 0 Å². The van der Waals surface area contributed by atoms with Crippen LogP contribution in [-0.4, -0.2) is 5.11 Å². The van der Waals surface area contributed by atoms with Crippen LogP contribution in [0.2, 0.25) is 5.02 Å². The number of rotatable bonds is 2. The average molecular weight is 247 g/mol. The lowest BCUT2D eigenvalue weighted by molar-refractivity contribution is 0.219. The molecule has 0 saturated carbocycles. The van der Waals surface area contributed by atoms with E-state index in [0.29, 0.717) is 5.02 Å². The van der Waals surface area contributed by atoms with Crippen LogP contribution in [0.1, 0.15) is 28.4 Å². The predicted molar refractivity (Wildman–Crippen MR) is 71.4 cm³/mol. The van der Waals surface area contributed by atoms with Crippen molar-refractivity contribution in [2.75, 3.05) is 0 Å². The minimum absolute atomic E-state index is 0.617. The first-order chi connectivity index (χ1) is 8.08. The molecule has 0 fully saturated rings. The second kappa shape index (κ2) is 4.91. The Hall–Kier alpha value is -1.31. The Balaban J connectivity index is 2.43. The summed E-state index contributed by atoms with van der Waals surface area (Å²) >= 11 is 5.94. The summed E-state index contributed by atoms with van der Waals surface area (Å²) in [5, 5.41) is 11.0. The van der Waals surface area contributed by atoms with Gasteiger partial charge in [-0.05, 0) is 42.7 Å². The van der Waals surface area contributed by atoms with E-state index >= 15 is 0 Å². The van der Waals surface area contributed by atoms with Crippen LogP contribution in [0.3, 0.4) is 0 Å². The molecule has 88 valence electrons. The molecule has 1 atom stereocenters. The van der Waals surface area contributed by atoms with Gasteiger partial charge >= 0.3 is 0 Å². The monoisotopic (exact) mass is 246 g/mol. The highest BCUT2D eigenvalue weighted by molar-refractivity contribution is 6.30. The molecule has 2 heteroatoms. The highest BCUT2D eigenvalue weighted by atomic mass is 35.5. The smallest absolute Gasteiger partial charge is 0.104 e. The summed E-state index contributed by atoms with van der Waals surface area (Å²) in [7, 11) is 0. The van der Waals surface area contributed by atoms with Crippen molar-refractivity contribution in [2.24, 2.45) is 0 Å². The topological polar surface area (TPSA) is 20.2 Å². The Kier molecular flexibility index (Phi) is 3.51. The fourth-order valence-corrected chi connectivity index (χ4v) is 2.11. The van der Waals surface area contributed by atoms with Crippen molar-refractivity contribution >= 4 is 11.6 Å². The van der Waals surface area contributed by atoms with Gasteiger partial charge in [0.05, 0.1) is 0 Å². The lowest BCUT2D eigenvalue weighted by atomic mass is 9.96. The Morgan fingerprint density at radius 2 is 1.82 bits per heavy atom. The Bertz CT molecular complexity index is 534. The molecular weight excluding hydrogens is 232 g/mol. The van der Waals surface area contributed by atoms with E-state index in [4.69, 9.17) is 11.6 Å². The largest absolute Gasteiger partial charge is 0.384 e. The molecule has 1 N–H and O–H groups in total. The molecule has 0 unspecified atom stereocenters. The molecular formula is C15H15ClO. The molecule has 0 aliphatic heterocycles. The Morgan fingerprint density at radius 3 is 2.53 bits per heavy atom. The first kappa shape index (κ1) is 12.2. The number of halogens is 1. The molecule has 1 nitrogen and oxygen atoms in total. The maximum absolute atomic E-state index is 10.4. The summed E-state index contributed by atoms with van der Waals surface area (Å²) < 4.78 is 0. The summed E-state index contributed by atoms with van der Waals surface area (Å²) in [6.07, 6.45) is -0.617. The van der Waals surface area contributed by atoms with Crippen LogP contribution in [-0.2, 0) is 0 Å². The normalized spacial score (nSPS) is 12.5. The van der Waals surface area contributed by atoms with Crippen LogP contribution in [0.5, 0.6) is 0 Å². The fourth-order valence-electron chi connectivity index (χ4n) is 1.91. The predicted octanol–water partition coefficient (Wildman–Crippen LogP) is 4.04. The summed E-state index contributed by atoms with van der Waals surface area (Å²) in [4.78, 5) is 0. The lowest BCUT2D eigenvalue weighted by Gasteiger charge is -2.15. The van der Waals surface area contributed by atoms with Gasteiger partial charge in [0.1, 0.15) is 6.10 Å². The third-order valence-corrected chi connectivity index (χ3v) is 3.13. The first-order valence-electron chi connectivity index (χ1n) is 5.58. The van der Waals surface area contributed by atoms with Crippen molar-refractivity contribution in [1.82, 2.24) is 0 Å². The summed E-state index contributed by atoms with van der Waals surface area (Å²) in [5.41, 5.74) is 3.99. The minimum atomic E-state index is -0.617. The molecule has 17 heavy (non-hydrogen) atoms. The third-order valence-electron chi connectivity index (χ3n) is 2.89. The third kappa shape index (κ3) is 2.68. The van der Waals surface area contributed by atoms with Crippen LogP contribution in [0.4, 0.5) is 0 Å². The molecule has 0 aliphatic rings. The van der Waals surface area contributed by atoms with E-state index in [1.807, 2.05) is 44.2 Å². The molecule has 0 spiro atoms. The van der Waals surface area contributed by atoms with Gasteiger partial charge < -0.3 is 5.11 Å². The Labute approximate surface area is 107 Å². The first-order valence-corrected chi connectivity index (χ1v) is 5.96. The van der Waals surface area contributed by atoms with Gasteiger partial charge in [-0.2, -0.15) is 0 Å². The quantitative estimate of drug-likeness (QED) is 0.848. The molecule has 2 rings (SSSR count). The van der Waals surface area contributed by atoms with Crippen LogP contribution >= 0.6 is 11.6 Å². The van der Waals surface area contributed by atoms with Gasteiger partial charge in [-0.25, -0.2) is 0 Å². The molecule has 2 aromatic rings. The summed E-state index contributed by atoms with van der Waals surface area (Å²) in [6, 6.07) is 13.4. The second-order valence-corrected chi connectivity index (χ2v) is 4.75. The number of hydrogen-bond acceptors (Lipinski definition) is 1. The van der Waals surface area contributed by atoms with Crippen molar-refractivity contribution < 1.29 is 5.11 Å². The maximum atomic E-state index is 10.4. The van der Waals surface area contributed by atoms with E-state index in [2.05, 4.69) is 0 Å². The minimum Gasteiger partial charge on any atom is -0.384 e. The molecule has 2 aromatic carbocycles. The molecule has 0 bridgehead atoms. The standard InChI is InChI=1S/C15H15ClO/c1-10-6-7-11(2)14(8-10)15(17)12-4-3-5-13(16)9-12/h3-9,15,17H,1-2H3/t15-/m0/s1. The number of benzene rings is 2. The molecule has 0 heterocycles. The van der Waals surface area contributed by atoms with Gasteiger partial charge in [-0.15, -0.1) is 0 Å². The van der Waals surface area contributed by atoms with E-state index in [-0.39, 0.29) is 0 Å². The van der Waals surface area contributed by atoms with Crippen LogP contribution in [0, 0.1) is 13.8 Å². The molecule has 0 aromatic heterocycles. The Morgan fingerprint density at radius 1 is 1.06 bits per heavy atom. The van der Waals surface area contributed by atoms with Gasteiger partial charge in [-0.3, -0.25) is 0 Å². The van der Waals surface area contributed by atoms with E-state index in [1.54, 1.807) is 12.1 Å². The van der Waals surface area contributed by atoms with Crippen LogP contribution in [0.15, 0.2) is 42.5 Å². The van der Waals surface area contributed by atoms with E-state index < -0.39 is 6.10 Å². The summed E-state index contributed by atoms with van der Waals surface area (Å²) in [5.74, 6) is 0. The van der Waals surface area contributed by atoms with Crippen molar-refractivity contribution in [3.05, 3.63) is 69.7 Å².